The maximum atomic E-state index is 15.0. The van der Waals surface area contributed by atoms with Crippen LogP contribution in [0.3, 0.4) is 0 Å². The number of carbonyl (C=O) groups excluding carboxylic acids is 3. The van der Waals surface area contributed by atoms with E-state index in [0.717, 1.165) is 11.6 Å². The summed E-state index contributed by atoms with van der Waals surface area (Å²) in [5, 5.41) is 45.2. The number of aliphatic hydroxyl groups excluding tert-OH is 2. The number of carbonyl (C=O) groups is 3. The van der Waals surface area contributed by atoms with Crippen molar-refractivity contribution in [2.45, 2.75) is 63.5 Å². The van der Waals surface area contributed by atoms with E-state index in [2.05, 4.69) is 0 Å². The first kappa shape index (κ1) is 34.1. The van der Waals surface area contributed by atoms with Gasteiger partial charge in [-0.05, 0) is 76.0 Å². The van der Waals surface area contributed by atoms with Crippen molar-refractivity contribution < 1.29 is 48.0 Å². The number of ketones is 2. The molecule has 0 saturated carbocycles. The second-order valence-corrected chi connectivity index (χ2v) is 13.2. The molecule has 0 unspecified atom stereocenters. The number of aromatic hydroxyl groups is 1. The third-order valence-corrected chi connectivity index (χ3v) is 10.1. The van der Waals surface area contributed by atoms with Gasteiger partial charge >= 0.3 is 6.18 Å². The van der Waals surface area contributed by atoms with E-state index in [1.54, 1.807) is 0 Å². The molecule has 0 aliphatic heterocycles. The van der Waals surface area contributed by atoms with Crippen LogP contribution >= 0.6 is 0 Å². The molecule has 2 aromatic rings. The molecular weight excluding hydrogens is 619 g/mol. The maximum absolute atomic E-state index is 15.0. The number of benzene rings is 2. The first-order chi connectivity index (χ1) is 21.8. The Labute approximate surface area is 269 Å². The smallest absolute Gasteiger partial charge is 0.417 e. The van der Waals surface area contributed by atoms with Crippen LogP contribution in [0.1, 0.15) is 59.8 Å². The molecule has 0 heterocycles. The molecule has 0 radical (unpaired) electrons. The molecule has 4 atom stereocenters. The number of Topliss-reactive ketones (excluding diaryl/α,β-unsaturated/α-hetero) is 2. The Kier molecular flexibility index (Phi) is 8.35. The van der Waals surface area contributed by atoms with Gasteiger partial charge in [0.2, 0.25) is 5.78 Å². The van der Waals surface area contributed by atoms with Crippen LogP contribution in [0.4, 0.5) is 13.2 Å². The molecule has 2 aromatic carbocycles. The summed E-state index contributed by atoms with van der Waals surface area (Å²) in [7, 11) is 2.94. The number of rotatable bonds is 7. The van der Waals surface area contributed by atoms with E-state index in [-0.39, 0.29) is 18.5 Å². The minimum absolute atomic E-state index is 0.227. The van der Waals surface area contributed by atoms with Crippen molar-refractivity contribution >= 4 is 17.5 Å². The van der Waals surface area contributed by atoms with Gasteiger partial charge in [-0.25, -0.2) is 0 Å². The van der Waals surface area contributed by atoms with Crippen molar-refractivity contribution in [3.8, 4) is 5.75 Å². The van der Waals surface area contributed by atoms with Crippen molar-refractivity contribution in [3.05, 3.63) is 86.9 Å². The summed E-state index contributed by atoms with van der Waals surface area (Å²) in [6.07, 6.45) is -5.75. The first-order valence-corrected chi connectivity index (χ1v) is 15.2. The lowest BCUT2D eigenvalue weighted by Crippen LogP contribution is -2.63. The Hall–Kier alpha value is -4.20. The van der Waals surface area contributed by atoms with E-state index >= 15 is 13.2 Å². The van der Waals surface area contributed by atoms with Gasteiger partial charge in [0.25, 0.3) is 5.91 Å². The van der Waals surface area contributed by atoms with Gasteiger partial charge in [-0.15, -0.1) is 0 Å². The molecule has 0 bridgehead atoms. The van der Waals surface area contributed by atoms with Crippen LogP contribution in [-0.2, 0) is 34.3 Å². The predicted octanol–water partition coefficient (Wildman–Crippen LogP) is 3.90. The lowest BCUT2D eigenvalue weighted by atomic mass is 9.58. The minimum Gasteiger partial charge on any atom is -0.510 e. The third kappa shape index (κ3) is 5.11. The van der Waals surface area contributed by atoms with Gasteiger partial charge in [-0.1, -0.05) is 37.3 Å². The molecule has 1 amide bonds. The zero-order valence-corrected chi connectivity index (χ0v) is 26.6. The highest BCUT2D eigenvalue weighted by Crippen LogP contribution is 2.54. The number of likely N-dealkylation sites (N-methyl/N-ethyl adjacent to an activating group) is 1. The quantitative estimate of drug-likeness (QED) is 0.278. The molecule has 6 N–H and O–H groups in total. The Morgan fingerprint density at radius 1 is 1.09 bits per heavy atom. The highest BCUT2D eigenvalue weighted by molar-refractivity contribution is 6.24. The van der Waals surface area contributed by atoms with E-state index in [4.69, 9.17) is 5.73 Å². The van der Waals surface area contributed by atoms with Gasteiger partial charge in [0, 0.05) is 23.6 Å². The van der Waals surface area contributed by atoms with Gasteiger partial charge in [0.05, 0.1) is 17.2 Å². The molecule has 0 spiro atoms. The Morgan fingerprint density at radius 3 is 2.23 bits per heavy atom. The summed E-state index contributed by atoms with van der Waals surface area (Å²) in [6.45, 7) is 5.69. The summed E-state index contributed by atoms with van der Waals surface area (Å²) in [5.41, 5.74) is -1.38. The van der Waals surface area contributed by atoms with Crippen molar-refractivity contribution in [1.29, 1.82) is 0 Å². The van der Waals surface area contributed by atoms with E-state index < -0.39 is 104 Å². The van der Waals surface area contributed by atoms with Crippen molar-refractivity contribution in [2.24, 2.45) is 17.6 Å². The fourth-order valence-electron chi connectivity index (χ4n) is 7.81. The summed E-state index contributed by atoms with van der Waals surface area (Å²) in [4.78, 5) is 42.8. The normalized spacial score (nSPS) is 24.9. The highest BCUT2D eigenvalue weighted by Gasteiger charge is 2.63. The summed E-state index contributed by atoms with van der Waals surface area (Å²) in [6, 6.07) is 8.88. The van der Waals surface area contributed by atoms with Gasteiger partial charge < -0.3 is 26.2 Å². The molecule has 3 aliphatic carbocycles. The van der Waals surface area contributed by atoms with E-state index in [9.17, 15) is 34.8 Å². The molecule has 0 aromatic heterocycles. The molecule has 0 saturated heterocycles. The Balaban J connectivity index is 1.68. The van der Waals surface area contributed by atoms with E-state index in [0.29, 0.717) is 6.54 Å². The summed E-state index contributed by atoms with van der Waals surface area (Å²) < 4.78 is 45.1. The van der Waals surface area contributed by atoms with Gasteiger partial charge in [-0.3, -0.25) is 24.2 Å². The largest absolute Gasteiger partial charge is 0.510 e. The zero-order valence-electron chi connectivity index (χ0n) is 26.6. The molecule has 47 heavy (non-hydrogen) atoms. The van der Waals surface area contributed by atoms with Crippen LogP contribution in [0.25, 0.3) is 0 Å². The highest BCUT2D eigenvalue weighted by atomic mass is 19.4. The molecule has 13 heteroatoms. The van der Waals surface area contributed by atoms with Crippen LogP contribution in [0.15, 0.2) is 59.1 Å². The number of alkyl halides is 3. The Bertz CT molecular complexity index is 1730. The lowest BCUT2D eigenvalue weighted by molar-refractivity contribution is -0.148. The zero-order chi connectivity index (χ0) is 35.0. The molecule has 5 rings (SSSR count). The number of amides is 1. The lowest BCUT2D eigenvalue weighted by Gasteiger charge is -2.50. The topological polar surface area (TPSA) is 165 Å². The number of hydrogen-bond acceptors (Lipinski definition) is 9. The van der Waals surface area contributed by atoms with Crippen molar-refractivity contribution in [1.82, 2.24) is 9.80 Å². The number of halogens is 3. The number of primary amides is 1. The average Bonchev–Trinajstić information content (AvgIpc) is 2.96. The van der Waals surface area contributed by atoms with Gasteiger partial charge in [-0.2, -0.15) is 13.2 Å². The van der Waals surface area contributed by atoms with Crippen LogP contribution in [-0.4, -0.2) is 80.0 Å². The van der Waals surface area contributed by atoms with Gasteiger partial charge in [0.1, 0.15) is 22.8 Å². The molecule has 10 nitrogen and oxygen atoms in total. The molecular formula is C34H38F3N3O7. The minimum atomic E-state index is -4.95. The monoisotopic (exact) mass is 657 g/mol. The number of aliphatic hydroxyl groups is 3. The fourth-order valence-corrected chi connectivity index (χ4v) is 7.81. The predicted molar refractivity (Wildman–Crippen MR) is 164 cm³/mol. The fraction of sp³-hybridized carbons (Fsp3) is 0.441. The number of phenolic OH excluding ortho intramolecular Hbond substituents is 1. The standard InChI is InChI=1S/C34H38F3N3O7/c1-6-40(32(2,3)18-10-8-7-9-11-18)15-17-14-21(41)23-19(25(17)34(35,36)37)12-16-13-20-26(39(4)5)28(43)24(31(38)46)30(45)33(20,47)29(44)22(16)27(23)42/h7-11,14,16,20,26,41,43-44,47H,6,12-13,15H2,1-5H3,(H2,38,46)/t16-,20-,26-,33-/m0/s1. The van der Waals surface area contributed by atoms with E-state index in [1.165, 1.54) is 19.0 Å². The Morgan fingerprint density at radius 2 is 1.70 bits per heavy atom. The summed E-state index contributed by atoms with van der Waals surface area (Å²) in [5.74, 6) is -9.13. The number of allylic oxidation sites excluding steroid dienone is 1. The maximum Gasteiger partial charge on any atom is 0.417 e. The average molecular weight is 658 g/mol. The number of nitrogens with two attached hydrogens (primary N) is 1. The second kappa shape index (κ2) is 11.5. The number of hydrogen-bond donors (Lipinski definition) is 5. The van der Waals surface area contributed by atoms with Crippen molar-refractivity contribution in [2.75, 3.05) is 20.6 Å². The van der Waals surface area contributed by atoms with Crippen LogP contribution < -0.4 is 5.73 Å². The molecule has 0 fully saturated rings. The van der Waals surface area contributed by atoms with Crippen LogP contribution in [0.2, 0.25) is 0 Å². The summed E-state index contributed by atoms with van der Waals surface area (Å²) >= 11 is 0. The van der Waals surface area contributed by atoms with Crippen LogP contribution in [0.5, 0.6) is 5.75 Å². The number of phenols is 1. The SMILES string of the molecule is CCN(Cc1cc(O)c2c(c1C(F)(F)F)C[C@H]1C[C@H]3[C@H](N(C)C)C(O)=C(C(N)=O)C(=O)[C@@]3(O)C(O)=C1C2=O)C(C)(C)c1ccccc1. The number of nitrogens with zero attached hydrogens (tertiary/aromatic N) is 2. The van der Waals surface area contributed by atoms with Crippen LogP contribution in [0, 0.1) is 11.8 Å². The first-order valence-electron chi connectivity index (χ1n) is 15.2. The molecule has 252 valence electrons. The number of fused-ring (bicyclic) bond motifs is 3. The third-order valence-electron chi connectivity index (χ3n) is 10.1. The second-order valence-electron chi connectivity index (χ2n) is 13.2. The van der Waals surface area contributed by atoms with Crippen molar-refractivity contribution in [3.63, 3.8) is 0 Å². The molecule has 3 aliphatic rings. The van der Waals surface area contributed by atoms with E-state index in [1.807, 2.05) is 56.0 Å². The van der Waals surface area contributed by atoms with Gasteiger partial charge in [0.15, 0.2) is 11.4 Å².